The first-order valence-electron chi connectivity index (χ1n) is 5.46. The number of hydrogen-bond donors (Lipinski definition) is 2. The zero-order chi connectivity index (χ0) is 13.1. The van der Waals surface area contributed by atoms with Crippen LogP contribution < -0.4 is 16.0 Å². The van der Waals surface area contributed by atoms with Gasteiger partial charge in [0.15, 0.2) is 7.05 Å². The number of Topliss-reactive ketones (excluding diaryl/α,β-unsaturated/α-hetero) is 1. The molecular formula is C11H14N3O3S+. The molecule has 1 heterocycles. The lowest BCUT2D eigenvalue weighted by Gasteiger charge is -2.09. The van der Waals surface area contributed by atoms with Crippen LogP contribution in [-0.4, -0.2) is 16.8 Å². The number of carbonyl (C=O) groups excluding carboxylic acids is 1. The molecular weight excluding hydrogens is 254 g/mol. The van der Waals surface area contributed by atoms with E-state index in [4.69, 9.17) is 5.73 Å². The first-order chi connectivity index (χ1) is 8.58. The number of nitrogens with one attached hydrogen (secondary N) is 1. The van der Waals surface area contributed by atoms with E-state index in [9.17, 15) is 9.59 Å². The van der Waals surface area contributed by atoms with Gasteiger partial charge in [0.1, 0.15) is 0 Å². The van der Waals surface area contributed by atoms with E-state index in [1.54, 1.807) is 7.05 Å². The van der Waals surface area contributed by atoms with Crippen molar-refractivity contribution in [2.75, 3.05) is 5.75 Å². The third-order valence-corrected chi connectivity index (χ3v) is 3.72. The Morgan fingerprint density at radius 1 is 1.56 bits per heavy atom. The second-order valence-corrected chi connectivity index (χ2v) is 5.08. The highest BCUT2D eigenvalue weighted by Crippen LogP contribution is 2.25. The monoisotopic (exact) mass is 268 g/mol. The van der Waals surface area contributed by atoms with Crippen molar-refractivity contribution < 1.29 is 14.0 Å². The largest absolute Gasteiger partial charge is 0.438 e. The highest BCUT2D eigenvalue weighted by molar-refractivity contribution is 8.03. The molecule has 0 bridgehead atoms. The van der Waals surface area contributed by atoms with Gasteiger partial charge in [-0.2, -0.15) is 0 Å². The van der Waals surface area contributed by atoms with Gasteiger partial charge in [-0.05, 0) is 29.1 Å². The molecule has 96 valence electrons. The minimum Gasteiger partial charge on any atom is -0.402 e. The maximum atomic E-state index is 11.9. The smallest absolute Gasteiger partial charge is 0.402 e. The highest BCUT2D eigenvalue weighted by atomic mass is 32.2. The van der Waals surface area contributed by atoms with E-state index in [0.29, 0.717) is 0 Å². The Labute approximate surface area is 107 Å². The fraction of sp³-hybridized carbons (Fsp3) is 0.364. The van der Waals surface area contributed by atoms with Crippen LogP contribution in [0.2, 0.25) is 0 Å². The molecule has 0 aliphatic heterocycles. The van der Waals surface area contributed by atoms with E-state index in [2.05, 4.69) is 9.79 Å². The first kappa shape index (κ1) is 12.7. The third-order valence-electron chi connectivity index (χ3n) is 2.60. The number of allylic oxidation sites excluding steroid dienone is 4. The van der Waals surface area contributed by atoms with Gasteiger partial charge in [-0.15, -0.1) is 11.8 Å². The number of carbonyl (C=O) groups is 1. The van der Waals surface area contributed by atoms with Crippen molar-refractivity contribution in [1.82, 2.24) is 5.27 Å². The first-order valence-corrected chi connectivity index (χ1v) is 6.45. The Bertz CT molecular complexity index is 583. The Balaban J connectivity index is 2.00. The van der Waals surface area contributed by atoms with Gasteiger partial charge in [0.05, 0.1) is 5.75 Å². The molecule has 1 aliphatic carbocycles. The van der Waals surface area contributed by atoms with Crippen LogP contribution in [-0.2, 0) is 7.05 Å². The Hall–Kier alpha value is -1.76. The molecule has 1 aromatic heterocycles. The predicted molar refractivity (Wildman–Crippen MR) is 66.9 cm³/mol. The quantitative estimate of drug-likeness (QED) is 0.602. The van der Waals surface area contributed by atoms with Crippen molar-refractivity contribution in [3.63, 3.8) is 0 Å². The summed E-state index contributed by atoms with van der Waals surface area (Å²) in [5, 5.41) is 2.32. The number of aromatic nitrogens is 2. The molecule has 0 unspecified atom stereocenters. The summed E-state index contributed by atoms with van der Waals surface area (Å²) < 4.78 is 5.82. The predicted octanol–water partition coefficient (Wildman–Crippen LogP) is 0.229. The van der Waals surface area contributed by atoms with Gasteiger partial charge in [0, 0.05) is 5.70 Å². The van der Waals surface area contributed by atoms with Gasteiger partial charge in [-0.3, -0.25) is 9.32 Å². The maximum Gasteiger partial charge on any atom is 0.438 e. The fourth-order valence-corrected chi connectivity index (χ4v) is 2.49. The lowest BCUT2D eigenvalue weighted by Crippen LogP contribution is -2.39. The van der Waals surface area contributed by atoms with Gasteiger partial charge >= 0.3 is 11.3 Å². The summed E-state index contributed by atoms with van der Waals surface area (Å²) in [6.07, 6.45) is 5.42. The molecule has 2 rings (SSSR count). The number of rotatable bonds is 4. The molecule has 18 heavy (non-hydrogen) atoms. The SMILES string of the molecule is C[n+]1[nH]oc(=O)c1C(=O)CSC1=CC=C(N)CC1. The van der Waals surface area contributed by atoms with E-state index < -0.39 is 5.63 Å². The summed E-state index contributed by atoms with van der Waals surface area (Å²) in [4.78, 5) is 24.2. The van der Waals surface area contributed by atoms with Crippen molar-refractivity contribution in [2.45, 2.75) is 12.8 Å². The van der Waals surface area contributed by atoms with Crippen LogP contribution in [0.25, 0.3) is 0 Å². The molecule has 6 nitrogen and oxygen atoms in total. The van der Waals surface area contributed by atoms with Gasteiger partial charge in [0.2, 0.25) is 5.78 Å². The van der Waals surface area contributed by atoms with E-state index in [0.717, 1.165) is 23.4 Å². The third kappa shape index (κ3) is 2.73. The summed E-state index contributed by atoms with van der Waals surface area (Å²) >= 11 is 1.43. The van der Waals surface area contributed by atoms with Gasteiger partial charge in [0.25, 0.3) is 0 Å². The van der Waals surface area contributed by atoms with Crippen LogP contribution in [0.4, 0.5) is 0 Å². The standard InChI is InChI=1S/C11H13N3O3S/c1-14-10(11(16)17-13-14)9(15)6-18-8-4-2-7(12)3-5-8/h2,4H,3,5-6,12H2,1H3/p+1. The number of hydrogen-bond acceptors (Lipinski definition) is 5. The lowest BCUT2D eigenvalue weighted by molar-refractivity contribution is -0.741. The van der Waals surface area contributed by atoms with Crippen molar-refractivity contribution >= 4 is 17.5 Å². The van der Waals surface area contributed by atoms with Crippen LogP contribution in [0.5, 0.6) is 0 Å². The molecule has 0 atom stereocenters. The summed E-state index contributed by atoms with van der Waals surface area (Å²) in [7, 11) is 1.56. The molecule has 1 aliphatic rings. The minimum absolute atomic E-state index is 0.0361. The Morgan fingerprint density at radius 2 is 2.33 bits per heavy atom. The van der Waals surface area contributed by atoms with E-state index in [1.165, 1.54) is 16.4 Å². The molecule has 0 aromatic carbocycles. The zero-order valence-electron chi connectivity index (χ0n) is 9.93. The summed E-state index contributed by atoms with van der Waals surface area (Å²) in [6.45, 7) is 0. The van der Waals surface area contributed by atoms with Gasteiger partial charge in [-0.1, -0.05) is 10.8 Å². The summed E-state index contributed by atoms with van der Waals surface area (Å²) in [6, 6.07) is 0. The second kappa shape index (κ2) is 5.26. The van der Waals surface area contributed by atoms with Crippen LogP contribution in [0, 0.1) is 0 Å². The average molecular weight is 268 g/mol. The zero-order valence-corrected chi connectivity index (χ0v) is 10.8. The summed E-state index contributed by atoms with van der Waals surface area (Å²) in [5.41, 5.74) is 5.90. The van der Waals surface area contributed by atoms with Crippen molar-refractivity contribution in [2.24, 2.45) is 12.8 Å². The molecule has 1 aromatic rings. The summed E-state index contributed by atoms with van der Waals surface area (Å²) in [5.74, 6) is -0.0309. The highest BCUT2D eigenvalue weighted by Gasteiger charge is 2.26. The fourth-order valence-electron chi connectivity index (χ4n) is 1.62. The molecule has 0 spiro atoms. The maximum absolute atomic E-state index is 11.9. The number of nitrogens with zero attached hydrogens (tertiary/aromatic N) is 1. The van der Waals surface area contributed by atoms with Crippen molar-refractivity contribution in [1.29, 1.82) is 0 Å². The Morgan fingerprint density at radius 3 is 2.89 bits per heavy atom. The molecule has 0 fully saturated rings. The van der Waals surface area contributed by atoms with Gasteiger partial charge < -0.3 is 5.73 Å². The minimum atomic E-state index is -0.634. The molecule has 0 amide bonds. The number of aromatic amines is 1. The number of aryl methyl sites for hydroxylation is 1. The van der Waals surface area contributed by atoms with Crippen molar-refractivity contribution in [3.8, 4) is 0 Å². The molecule has 7 heteroatoms. The van der Waals surface area contributed by atoms with Crippen LogP contribution >= 0.6 is 11.8 Å². The Kier molecular flexibility index (Phi) is 3.71. The number of thioether (sulfide) groups is 1. The molecule has 3 N–H and O–H groups in total. The van der Waals surface area contributed by atoms with E-state index >= 15 is 0 Å². The van der Waals surface area contributed by atoms with Gasteiger partial charge in [-0.25, -0.2) is 4.79 Å². The topological polar surface area (TPSA) is 93.0 Å². The second-order valence-electron chi connectivity index (χ2n) is 3.97. The normalized spacial score (nSPS) is 15.2. The van der Waals surface area contributed by atoms with E-state index in [-0.39, 0.29) is 17.2 Å². The average Bonchev–Trinajstić information content (AvgIpc) is 2.68. The lowest BCUT2D eigenvalue weighted by atomic mass is 10.1. The van der Waals surface area contributed by atoms with Crippen LogP contribution in [0.15, 0.2) is 32.1 Å². The number of H-pyrrole nitrogens is 1. The molecule has 0 saturated heterocycles. The van der Waals surface area contributed by atoms with Crippen LogP contribution in [0.1, 0.15) is 23.3 Å². The van der Waals surface area contributed by atoms with Crippen molar-refractivity contribution in [3.05, 3.63) is 38.9 Å². The van der Waals surface area contributed by atoms with E-state index in [1.807, 2.05) is 12.2 Å². The molecule has 0 radical (unpaired) electrons. The number of nitrogens with two attached hydrogens (primary N) is 1. The molecule has 0 saturated carbocycles. The van der Waals surface area contributed by atoms with Crippen LogP contribution in [0.3, 0.4) is 0 Å². The number of ketones is 1.